The molecule has 4 aliphatic rings. The zero-order chi connectivity index (χ0) is 18.9. The Hall–Kier alpha value is -2.74. The summed E-state index contributed by atoms with van der Waals surface area (Å²) in [7, 11) is 0. The van der Waals surface area contributed by atoms with Crippen LogP contribution in [-0.4, -0.2) is 16.7 Å². The van der Waals surface area contributed by atoms with Gasteiger partial charge < -0.3 is 9.47 Å². The van der Waals surface area contributed by atoms with E-state index in [1.54, 1.807) is 0 Å². The summed E-state index contributed by atoms with van der Waals surface area (Å²) in [6, 6.07) is 28.4. The van der Waals surface area contributed by atoms with Gasteiger partial charge in [-0.1, -0.05) is 42.5 Å². The van der Waals surface area contributed by atoms with Gasteiger partial charge in [0.25, 0.3) is 0 Å². The molecule has 1 aromatic heterocycles. The summed E-state index contributed by atoms with van der Waals surface area (Å²) in [5.41, 5.74) is 5.32. The minimum absolute atomic E-state index is 0.762. The summed E-state index contributed by atoms with van der Waals surface area (Å²) in [5.74, 6) is 1.99. The molecule has 2 heteroatoms. The Morgan fingerprint density at radius 3 is 1.97 bits per heavy atom. The summed E-state index contributed by atoms with van der Waals surface area (Å²) in [6.07, 6.45) is 7.14. The topological polar surface area (TPSA) is 8.17 Å². The first-order chi connectivity index (χ1) is 14.3. The third-order valence-corrected chi connectivity index (χ3v) is 7.84. The van der Waals surface area contributed by atoms with Crippen LogP contribution in [0.15, 0.2) is 72.8 Å². The summed E-state index contributed by atoms with van der Waals surface area (Å²) >= 11 is 0. The molecule has 0 atom stereocenters. The van der Waals surface area contributed by atoms with E-state index in [1.807, 2.05) is 0 Å². The van der Waals surface area contributed by atoms with Gasteiger partial charge in [0.2, 0.25) is 0 Å². The average Bonchev–Trinajstić information content (AvgIpc) is 3.07. The van der Waals surface area contributed by atoms with E-state index in [0.29, 0.717) is 0 Å². The highest BCUT2D eigenvalue weighted by atomic mass is 15.2. The molecule has 4 bridgehead atoms. The third kappa shape index (κ3) is 2.29. The Morgan fingerprint density at radius 1 is 0.552 bits per heavy atom. The SMILES string of the molecule is c1ccc(-n2c3ccccc3c3ccc(N4C5CC6CC(C5)CC4C6)cc32)cc1. The van der Waals surface area contributed by atoms with E-state index in [0.717, 1.165) is 23.9 Å². The zero-order valence-electron chi connectivity index (χ0n) is 16.7. The zero-order valence-corrected chi connectivity index (χ0v) is 16.7. The van der Waals surface area contributed by atoms with E-state index in [4.69, 9.17) is 0 Å². The Kier molecular flexibility index (Phi) is 3.27. The van der Waals surface area contributed by atoms with Gasteiger partial charge in [0.15, 0.2) is 0 Å². The smallest absolute Gasteiger partial charge is 0.0561 e. The summed E-state index contributed by atoms with van der Waals surface area (Å²) in [5, 5.41) is 2.70. The molecule has 4 aromatic rings. The molecule has 0 spiro atoms. The molecule has 2 aliphatic carbocycles. The van der Waals surface area contributed by atoms with Crippen molar-refractivity contribution in [2.24, 2.45) is 11.8 Å². The Bertz CT molecular complexity index is 1190. The molecule has 3 aromatic carbocycles. The molecule has 29 heavy (non-hydrogen) atoms. The van der Waals surface area contributed by atoms with Gasteiger partial charge >= 0.3 is 0 Å². The highest BCUT2D eigenvalue weighted by Crippen LogP contribution is 2.51. The third-order valence-electron chi connectivity index (χ3n) is 7.84. The molecular formula is C27H26N2. The van der Waals surface area contributed by atoms with Crippen LogP contribution >= 0.6 is 0 Å². The lowest BCUT2D eigenvalue weighted by Crippen LogP contribution is -2.58. The molecule has 2 nitrogen and oxygen atoms in total. The van der Waals surface area contributed by atoms with Crippen molar-refractivity contribution < 1.29 is 0 Å². The molecule has 3 heterocycles. The number of piperidine rings is 2. The fraction of sp³-hybridized carbons (Fsp3) is 0.333. The maximum Gasteiger partial charge on any atom is 0.0561 e. The number of benzene rings is 3. The number of nitrogens with zero attached hydrogens (tertiary/aromatic N) is 2. The van der Waals surface area contributed by atoms with Gasteiger partial charge in [0.05, 0.1) is 11.0 Å². The molecule has 2 aliphatic heterocycles. The van der Waals surface area contributed by atoms with Crippen LogP contribution in [0.3, 0.4) is 0 Å². The first kappa shape index (κ1) is 16.1. The summed E-state index contributed by atoms with van der Waals surface area (Å²) in [6.45, 7) is 0. The lowest BCUT2D eigenvalue weighted by atomic mass is 9.63. The lowest BCUT2D eigenvalue weighted by molar-refractivity contribution is 0.0900. The van der Waals surface area contributed by atoms with Crippen LogP contribution < -0.4 is 4.90 Å². The number of aromatic nitrogens is 1. The van der Waals surface area contributed by atoms with Crippen molar-refractivity contribution in [3.05, 3.63) is 72.8 Å². The number of fused-ring (bicyclic) bond motifs is 3. The number of hydrogen-bond donors (Lipinski definition) is 0. The van der Waals surface area contributed by atoms with Crippen molar-refractivity contribution in [2.45, 2.75) is 44.2 Å². The van der Waals surface area contributed by atoms with Crippen LogP contribution in [0.5, 0.6) is 0 Å². The fourth-order valence-corrected chi connectivity index (χ4v) is 6.93. The van der Waals surface area contributed by atoms with Crippen molar-refractivity contribution >= 4 is 27.5 Å². The maximum absolute atomic E-state index is 2.80. The van der Waals surface area contributed by atoms with Gasteiger partial charge in [-0.15, -0.1) is 0 Å². The normalized spacial score (nSPS) is 27.9. The number of rotatable bonds is 2. The number of para-hydroxylation sites is 2. The van der Waals surface area contributed by atoms with E-state index in [9.17, 15) is 0 Å². The molecule has 0 amide bonds. The minimum atomic E-state index is 0.762. The predicted molar refractivity (Wildman–Crippen MR) is 121 cm³/mol. The van der Waals surface area contributed by atoms with Gasteiger partial charge in [-0.3, -0.25) is 0 Å². The standard InChI is InChI=1S/C27H26N2/c1-2-6-20(7-3-1)29-26-9-5-4-8-24(26)25-11-10-21(17-27(25)29)28-22-13-18-12-19(15-22)16-23(28)14-18/h1-11,17-19,22-23H,12-16H2. The van der Waals surface area contributed by atoms with E-state index >= 15 is 0 Å². The van der Waals surface area contributed by atoms with Crippen LogP contribution in [-0.2, 0) is 0 Å². The largest absolute Gasteiger partial charge is 0.365 e. The summed E-state index contributed by atoms with van der Waals surface area (Å²) in [4.78, 5) is 2.80. The van der Waals surface area contributed by atoms with Crippen LogP contribution in [0.4, 0.5) is 5.69 Å². The van der Waals surface area contributed by atoms with Crippen LogP contribution in [0.25, 0.3) is 27.5 Å². The second-order valence-electron chi connectivity index (χ2n) is 9.52. The minimum Gasteiger partial charge on any atom is -0.365 e. The molecule has 0 radical (unpaired) electrons. The van der Waals surface area contributed by atoms with Gasteiger partial charge in [0.1, 0.15) is 0 Å². The van der Waals surface area contributed by atoms with Gasteiger partial charge in [-0.25, -0.2) is 0 Å². The van der Waals surface area contributed by atoms with Crippen molar-refractivity contribution in [2.75, 3.05) is 4.90 Å². The number of hydrogen-bond acceptors (Lipinski definition) is 1. The lowest BCUT2D eigenvalue weighted by Gasteiger charge is -2.57. The molecule has 4 fully saturated rings. The Labute approximate surface area is 171 Å². The number of anilines is 1. The Balaban J connectivity index is 1.45. The van der Waals surface area contributed by atoms with Crippen molar-refractivity contribution in [3.63, 3.8) is 0 Å². The molecule has 2 saturated carbocycles. The van der Waals surface area contributed by atoms with Gasteiger partial charge in [0, 0.05) is 34.2 Å². The van der Waals surface area contributed by atoms with E-state index in [2.05, 4.69) is 82.3 Å². The van der Waals surface area contributed by atoms with Crippen LogP contribution in [0.2, 0.25) is 0 Å². The van der Waals surface area contributed by atoms with Gasteiger partial charge in [-0.2, -0.15) is 0 Å². The fourth-order valence-electron chi connectivity index (χ4n) is 6.93. The molecule has 8 rings (SSSR count). The first-order valence-electron chi connectivity index (χ1n) is 11.2. The summed E-state index contributed by atoms with van der Waals surface area (Å²) < 4.78 is 2.45. The molecule has 144 valence electrons. The molecule has 0 N–H and O–H groups in total. The highest BCUT2D eigenvalue weighted by Gasteiger charge is 2.46. The van der Waals surface area contributed by atoms with Crippen molar-refractivity contribution in [3.8, 4) is 5.69 Å². The maximum atomic E-state index is 2.80. The molecular weight excluding hydrogens is 352 g/mol. The Morgan fingerprint density at radius 2 is 1.21 bits per heavy atom. The first-order valence-corrected chi connectivity index (χ1v) is 11.2. The average molecular weight is 379 g/mol. The van der Waals surface area contributed by atoms with Crippen molar-refractivity contribution in [1.82, 2.24) is 4.57 Å². The monoisotopic (exact) mass is 378 g/mol. The molecule has 2 saturated heterocycles. The van der Waals surface area contributed by atoms with Crippen LogP contribution in [0, 0.1) is 11.8 Å². The quantitative estimate of drug-likeness (QED) is 0.384. The van der Waals surface area contributed by atoms with E-state index in [-0.39, 0.29) is 0 Å². The predicted octanol–water partition coefficient (Wildman–Crippen LogP) is 6.55. The van der Waals surface area contributed by atoms with Crippen molar-refractivity contribution in [1.29, 1.82) is 0 Å². The second-order valence-corrected chi connectivity index (χ2v) is 9.52. The van der Waals surface area contributed by atoms with E-state index in [1.165, 1.54) is 65.3 Å². The molecule has 0 unspecified atom stereocenters. The van der Waals surface area contributed by atoms with E-state index < -0.39 is 0 Å². The van der Waals surface area contributed by atoms with Crippen LogP contribution in [0.1, 0.15) is 32.1 Å². The second kappa shape index (κ2) is 5.89. The van der Waals surface area contributed by atoms with Gasteiger partial charge in [-0.05, 0) is 74.3 Å². The highest BCUT2D eigenvalue weighted by molar-refractivity contribution is 6.10.